The number of nitrogens with zero attached hydrogens (tertiary/aromatic N) is 5. The van der Waals surface area contributed by atoms with Gasteiger partial charge in [0, 0.05) is 11.6 Å². The SMILES string of the molecule is CCCc1ccc(OC)cc1N1C(=O)CSC1=NC(=S)NOC(C)c1ccc(-c2ncn(-c3ccc(OC(F)(F)F)cc3)n2)cc1. The smallest absolute Gasteiger partial charge is 0.497 e. The molecule has 1 amide bonds. The maximum Gasteiger partial charge on any atom is 0.573 e. The van der Waals surface area contributed by atoms with E-state index in [2.05, 4.69) is 32.2 Å². The highest BCUT2D eigenvalue weighted by Crippen LogP contribution is 2.33. The van der Waals surface area contributed by atoms with Gasteiger partial charge in [0.25, 0.3) is 0 Å². The van der Waals surface area contributed by atoms with Gasteiger partial charge in [0.05, 0.1) is 24.2 Å². The van der Waals surface area contributed by atoms with Crippen LogP contribution in [0.5, 0.6) is 11.5 Å². The number of halogens is 3. The highest BCUT2D eigenvalue weighted by molar-refractivity contribution is 8.15. The van der Waals surface area contributed by atoms with Crippen LogP contribution in [0.3, 0.4) is 0 Å². The second-order valence-electron chi connectivity index (χ2n) is 10.0. The molecule has 15 heteroatoms. The fourth-order valence-electron chi connectivity index (χ4n) is 4.58. The fourth-order valence-corrected chi connectivity index (χ4v) is 5.64. The van der Waals surface area contributed by atoms with Gasteiger partial charge >= 0.3 is 6.36 Å². The number of amides is 1. The second kappa shape index (κ2) is 14.3. The Morgan fingerprint density at radius 2 is 1.83 bits per heavy atom. The predicted molar refractivity (Wildman–Crippen MR) is 173 cm³/mol. The van der Waals surface area contributed by atoms with Gasteiger partial charge in [0.15, 0.2) is 11.0 Å². The van der Waals surface area contributed by atoms with Crippen molar-refractivity contribution in [3.05, 3.63) is 84.2 Å². The van der Waals surface area contributed by atoms with Crippen LogP contribution in [0.15, 0.2) is 78.0 Å². The summed E-state index contributed by atoms with van der Waals surface area (Å²) in [5, 5.41) is 4.94. The van der Waals surface area contributed by atoms with E-state index in [0.717, 1.165) is 35.2 Å². The summed E-state index contributed by atoms with van der Waals surface area (Å²) >= 11 is 6.71. The number of aromatic nitrogens is 3. The van der Waals surface area contributed by atoms with Crippen LogP contribution in [0, 0.1) is 0 Å². The molecule has 0 radical (unpaired) electrons. The lowest BCUT2D eigenvalue weighted by Gasteiger charge is -2.21. The quantitative estimate of drug-likeness (QED) is 0.144. The molecule has 1 N–H and O–H groups in total. The molecule has 3 aromatic carbocycles. The lowest BCUT2D eigenvalue weighted by atomic mass is 10.1. The first-order valence-electron chi connectivity index (χ1n) is 14.1. The van der Waals surface area contributed by atoms with Crippen LogP contribution in [-0.4, -0.2) is 50.2 Å². The minimum absolute atomic E-state index is 0.0679. The highest BCUT2D eigenvalue weighted by atomic mass is 32.2. The van der Waals surface area contributed by atoms with Gasteiger partial charge < -0.3 is 9.47 Å². The molecule has 2 heterocycles. The minimum Gasteiger partial charge on any atom is -0.497 e. The average Bonchev–Trinajstić information content (AvgIpc) is 3.67. The molecule has 0 aliphatic carbocycles. The van der Waals surface area contributed by atoms with Crippen molar-refractivity contribution in [1.82, 2.24) is 20.2 Å². The number of rotatable bonds is 10. The minimum atomic E-state index is -4.76. The van der Waals surface area contributed by atoms with Crippen molar-refractivity contribution in [2.75, 3.05) is 17.8 Å². The van der Waals surface area contributed by atoms with Crippen molar-refractivity contribution in [3.63, 3.8) is 0 Å². The number of ether oxygens (including phenoxy) is 2. The molecule has 1 atom stereocenters. The number of anilines is 1. The van der Waals surface area contributed by atoms with E-state index < -0.39 is 12.5 Å². The van der Waals surface area contributed by atoms with E-state index in [1.165, 1.54) is 47.0 Å². The van der Waals surface area contributed by atoms with E-state index in [9.17, 15) is 18.0 Å². The van der Waals surface area contributed by atoms with Crippen LogP contribution in [0.25, 0.3) is 17.1 Å². The summed E-state index contributed by atoms with van der Waals surface area (Å²) in [5.41, 5.74) is 6.52. The van der Waals surface area contributed by atoms with Crippen LogP contribution < -0.4 is 19.9 Å². The van der Waals surface area contributed by atoms with Gasteiger partial charge in [-0.25, -0.2) is 15.1 Å². The zero-order chi connectivity index (χ0) is 32.8. The molecule has 0 bridgehead atoms. The number of nitrogens with one attached hydrogen (secondary N) is 1. The van der Waals surface area contributed by atoms with Crippen molar-refractivity contribution >= 4 is 45.9 Å². The summed E-state index contributed by atoms with van der Waals surface area (Å²) in [5.74, 6) is 0.885. The standard InChI is InChI=1S/C31H29F3N6O4S2/c1-4-5-21-10-13-25(42-3)16-26(21)40-27(41)17-46-30(40)36-29(45)38-44-19(2)20-6-8-22(9-7-20)28-35-18-39(37-28)23-11-14-24(15-12-23)43-31(32,33)34/h6-16,18-19H,4-5,17H2,1-3H3,(H,38,45). The number of hydrogen-bond acceptors (Lipinski definition) is 8. The average molecular weight is 671 g/mol. The van der Waals surface area contributed by atoms with Crippen LogP contribution in [0.4, 0.5) is 18.9 Å². The van der Waals surface area contributed by atoms with Gasteiger partial charge in [-0.15, -0.1) is 18.3 Å². The van der Waals surface area contributed by atoms with E-state index >= 15 is 0 Å². The molecule has 0 saturated carbocycles. The number of hydrogen-bond donors (Lipinski definition) is 1. The second-order valence-corrected chi connectivity index (χ2v) is 11.3. The van der Waals surface area contributed by atoms with Crippen molar-refractivity contribution < 1.29 is 32.3 Å². The van der Waals surface area contributed by atoms with Crippen LogP contribution >= 0.6 is 24.0 Å². The molecule has 5 rings (SSSR count). The van der Waals surface area contributed by atoms with Crippen LogP contribution in [0.2, 0.25) is 0 Å². The maximum absolute atomic E-state index is 12.9. The first-order chi connectivity index (χ1) is 22.0. The number of benzene rings is 3. The monoisotopic (exact) mass is 670 g/mol. The first-order valence-corrected chi connectivity index (χ1v) is 15.5. The summed E-state index contributed by atoms with van der Waals surface area (Å²) in [6, 6.07) is 18.3. The third-order valence-corrected chi connectivity index (χ3v) is 7.90. The Hall–Kier alpha value is -4.47. The number of thiocarbonyl (C=S) groups is 1. The molecule has 1 aliphatic rings. The van der Waals surface area contributed by atoms with E-state index in [1.54, 1.807) is 12.0 Å². The zero-order valence-electron chi connectivity index (χ0n) is 24.9. The molecule has 4 aromatic rings. The topological polar surface area (TPSA) is 103 Å². The molecule has 1 aromatic heterocycles. The molecule has 46 heavy (non-hydrogen) atoms. The van der Waals surface area contributed by atoms with E-state index in [-0.39, 0.29) is 22.5 Å². The predicted octanol–water partition coefficient (Wildman–Crippen LogP) is 6.80. The van der Waals surface area contributed by atoms with Crippen molar-refractivity contribution in [2.24, 2.45) is 4.99 Å². The van der Waals surface area contributed by atoms with Gasteiger partial charge in [-0.3, -0.25) is 14.5 Å². The number of amidine groups is 1. The molecule has 1 saturated heterocycles. The Balaban J connectivity index is 1.20. The van der Waals surface area contributed by atoms with Crippen molar-refractivity contribution in [2.45, 2.75) is 39.2 Å². The first kappa shape index (κ1) is 32.9. The Bertz CT molecular complexity index is 1730. The fraction of sp³-hybridized carbons (Fsp3) is 0.258. The normalized spacial score (nSPS) is 14.9. The summed E-state index contributed by atoms with van der Waals surface area (Å²) in [6.07, 6.45) is -2.01. The summed E-state index contributed by atoms with van der Waals surface area (Å²) in [4.78, 5) is 29.0. The van der Waals surface area contributed by atoms with Crippen LogP contribution in [-0.2, 0) is 16.1 Å². The third kappa shape index (κ3) is 8.02. The Morgan fingerprint density at radius 3 is 2.50 bits per heavy atom. The number of carbonyl (C=O) groups excluding carboxylic acids is 1. The molecule has 0 spiro atoms. The van der Waals surface area contributed by atoms with E-state index in [0.29, 0.717) is 22.4 Å². The van der Waals surface area contributed by atoms with Gasteiger partial charge in [-0.1, -0.05) is 55.4 Å². The van der Waals surface area contributed by atoms with E-state index in [4.69, 9.17) is 21.8 Å². The molecular weight excluding hydrogens is 642 g/mol. The Kier molecular flexibility index (Phi) is 10.2. The molecule has 10 nitrogen and oxygen atoms in total. The number of thioether (sulfide) groups is 1. The van der Waals surface area contributed by atoms with Crippen LogP contribution in [0.1, 0.15) is 37.5 Å². The number of aliphatic imine (C=N–C) groups is 1. The molecule has 240 valence electrons. The number of alkyl halides is 3. The zero-order valence-corrected chi connectivity index (χ0v) is 26.6. The molecule has 1 unspecified atom stereocenters. The van der Waals surface area contributed by atoms with E-state index in [1.807, 2.05) is 49.4 Å². The summed E-state index contributed by atoms with van der Waals surface area (Å²) in [6.45, 7) is 3.91. The third-order valence-electron chi connectivity index (χ3n) is 6.80. The molecule has 1 aliphatic heterocycles. The number of aryl methyl sites for hydroxylation is 1. The van der Waals surface area contributed by atoms with Gasteiger partial charge in [-0.2, -0.15) is 4.99 Å². The maximum atomic E-state index is 12.9. The Morgan fingerprint density at radius 1 is 1.11 bits per heavy atom. The molecule has 1 fully saturated rings. The summed E-state index contributed by atoms with van der Waals surface area (Å²) < 4.78 is 48.0. The lowest BCUT2D eigenvalue weighted by Crippen LogP contribution is -2.32. The number of methoxy groups -OCH3 is 1. The number of hydroxylamine groups is 1. The highest BCUT2D eigenvalue weighted by Gasteiger charge is 2.32. The van der Waals surface area contributed by atoms with Crippen molar-refractivity contribution in [3.8, 4) is 28.6 Å². The van der Waals surface area contributed by atoms with Gasteiger partial charge in [0.2, 0.25) is 11.0 Å². The lowest BCUT2D eigenvalue weighted by molar-refractivity contribution is -0.274. The van der Waals surface area contributed by atoms with Gasteiger partial charge in [-0.05, 0) is 67.0 Å². The van der Waals surface area contributed by atoms with Crippen molar-refractivity contribution in [1.29, 1.82) is 0 Å². The number of carbonyl (C=O) groups is 1. The summed E-state index contributed by atoms with van der Waals surface area (Å²) in [7, 11) is 1.58. The largest absolute Gasteiger partial charge is 0.573 e. The Labute approximate surface area is 272 Å². The van der Waals surface area contributed by atoms with Gasteiger partial charge in [0.1, 0.15) is 23.9 Å². The molecular formula is C31H29F3N6O4S2.